The highest BCUT2D eigenvalue weighted by Crippen LogP contribution is 2.73. The molecule has 1 N–H and O–H groups in total. The molecule has 3 aromatic carbocycles. The third-order valence-corrected chi connectivity index (χ3v) is 15.3. The standard InChI is InChI=1S/C45H54N3O11P/c1-29(2)60(30(3)4,56-24-12-23-46)59-44-25-38(27-54-32(6)49)57-40(44)42(48-26-31(5)41(50)47-43(48)51)58-39(44)28-55-45(33-13-10-9-11-14-33,34-15-19-36(52-7)20-16-34)35-17-21-37(53-8)22-18-35/h9-11,13-22,26,29-30,38-40,42H,12,24-25,27-28H2,1-8H3/p+1/t38-,39?,40-,42-,44-/m1/s1. The number of ether oxygens (including phenoxy) is 6. The van der Waals surface area contributed by atoms with Gasteiger partial charge in [-0.1, -0.05) is 54.6 Å². The molecule has 0 bridgehead atoms. The Balaban J connectivity index is 1.57. The third-order valence-electron chi connectivity index (χ3n) is 11.3. The van der Waals surface area contributed by atoms with Gasteiger partial charge in [0.2, 0.25) is 0 Å². The van der Waals surface area contributed by atoms with Crippen LogP contribution in [-0.2, 0) is 38.4 Å². The minimum absolute atomic E-state index is 0.0907. The van der Waals surface area contributed by atoms with E-state index in [4.69, 9.17) is 37.5 Å². The summed E-state index contributed by atoms with van der Waals surface area (Å²) in [5.74, 6) is 0.842. The predicted molar refractivity (Wildman–Crippen MR) is 225 cm³/mol. The van der Waals surface area contributed by atoms with Crippen LogP contribution in [0.1, 0.15) is 75.9 Å². The molecule has 320 valence electrons. The maximum absolute atomic E-state index is 13.7. The predicted octanol–water partition coefficient (Wildman–Crippen LogP) is 6.84. The van der Waals surface area contributed by atoms with E-state index >= 15 is 0 Å². The Morgan fingerprint density at radius 1 is 0.917 bits per heavy atom. The molecule has 14 nitrogen and oxygen atoms in total. The number of hydrogen-bond donors (Lipinski definition) is 1. The van der Waals surface area contributed by atoms with Crippen LogP contribution >= 0.6 is 7.72 Å². The number of nitriles is 1. The summed E-state index contributed by atoms with van der Waals surface area (Å²) in [6, 6.07) is 27.3. The zero-order valence-corrected chi connectivity index (χ0v) is 36.3. The van der Waals surface area contributed by atoms with Crippen molar-refractivity contribution < 1.29 is 42.3 Å². The Morgan fingerprint density at radius 3 is 2.03 bits per heavy atom. The zero-order chi connectivity index (χ0) is 43.2. The van der Waals surface area contributed by atoms with Crippen molar-refractivity contribution in [1.82, 2.24) is 9.55 Å². The van der Waals surface area contributed by atoms with E-state index in [9.17, 15) is 19.6 Å². The van der Waals surface area contributed by atoms with Gasteiger partial charge in [-0.3, -0.25) is 19.1 Å². The van der Waals surface area contributed by atoms with Crippen molar-refractivity contribution in [2.45, 2.75) is 101 Å². The molecule has 5 atom stereocenters. The zero-order valence-electron chi connectivity index (χ0n) is 35.4. The first-order valence-corrected chi connectivity index (χ1v) is 21.9. The summed E-state index contributed by atoms with van der Waals surface area (Å²) < 4.78 is 53.5. The number of fused-ring (bicyclic) bond motifs is 1. The summed E-state index contributed by atoms with van der Waals surface area (Å²) in [6.07, 6.45) is -1.99. The lowest BCUT2D eigenvalue weighted by molar-refractivity contribution is -0.148. The van der Waals surface area contributed by atoms with Crippen LogP contribution in [0.5, 0.6) is 11.5 Å². The second-order valence-electron chi connectivity index (χ2n) is 15.6. The Bertz CT molecular complexity index is 2180. The molecule has 0 spiro atoms. The van der Waals surface area contributed by atoms with Crippen LogP contribution in [0.2, 0.25) is 0 Å². The Morgan fingerprint density at radius 2 is 1.50 bits per heavy atom. The van der Waals surface area contributed by atoms with Gasteiger partial charge in [-0.05, 0) is 75.6 Å². The summed E-state index contributed by atoms with van der Waals surface area (Å²) in [7, 11) is 0.266. The molecule has 6 rings (SSSR count). The maximum Gasteiger partial charge on any atom is 0.330 e. The minimum atomic E-state index is -2.95. The van der Waals surface area contributed by atoms with Crippen molar-refractivity contribution in [3.8, 4) is 17.6 Å². The van der Waals surface area contributed by atoms with Gasteiger partial charge in [0.15, 0.2) is 11.8 Å². The molecule has 2 aliphatic heterocycles. The van der Waals surface area contributed by atoms with Gasteiger partial charge in [-0.15, -0.1) is 0 Å². The van der Waals surface area contributed by atoms with E-state index in [0.29, 0.717) is 11.5 Å². The van der Waals surface area contributed by atoms with E-state index in [1.54, 1.807) is 21.1 Å². The molecule has 2 fully saturated rings. The normalized spacial score (nSPS) is 21.5. The van der Waals surface area contributed by atoms with E-state index in [1.165, 1.54) is 17.7 Å². The number of rotatable bonds is 18. The Labute approximate surface area is 351 Å². The number of hydrogen-bond acceptors (Lipinski definition) is 12. The average Bonchev–Trinajstić information content (AvgIpc) is 3.74. The SMILES string of the molecule is COc1ccc(C(OCC2O[C@@H](n3cc(C)c(=O)[nH]c3=O)[C@H]3O[C@@H](COC(C)=O)C[C@@]23O[P+](OCCC#N)(C(C)C)C(C)C)(c2ccccc2)c2ccc(OC)cc2)cc1. The number of H-pyrrole nitrogens is 1. The topological polar surface area (TPSA) is 170 Å². The fourth-order valence-electron chi connectivity index (χ4n) is 8.35. The molecule has 2 saturated heterocycles. The molecule has 1 unspecified atom stereocenters. The average molecular weight is 845 g/mol. The third kappa shape index (κ3) is 8.66. The fraction of sp³-hybridized carbons (Fsp3) is 0.467. The number of aromatic amines is 1. The van der Waals surface area contributed by atoms with Crippen molar-refractivity contribution in [2.24, 2.45) is 0 Å². The fourth-order valence-corrected chi connectivity index (χ4v) is 11.8. The first-order chi connectivity index (χ1) is 28.7. The highest BCUT2D eigenvalue weighted by atomic mass is 31.2. The molecule has 0 aliphatic carbocycles. The molecule has 4 aromatic rings. The lowest BCUT2D eigenvalue weighted by Gasteiger charge is -2.41. The first kappa shape index (κ1) is 44.7. The Kier molecular flexibility index (Phi) is 14.0. The maximum atomic E-state index is 13.7. The Hall–Kier alpha value is -4.87. The van der Waals surface area contributed by atoms with E-state index in [0.717, 1.165) is 16.7 Å². The molecule has 60 heavy (non-hydrogen) atoms. The largest absolute Gasteiger partial charge is 0.497 e. The van der Waals surface area contributed by atoms with Crippen LogP contribution in [0.3, 0.4) is 0 Å². The van der Waals surface area contributed by atoms with Crippen molar-refractivity contribution >= 4 is 13.7 Å². The van der Waals surface area contributed by atoms with Gasteiger partial charge in [0.25, 0.3) is 13.3 Å². The van der Waals surface area contributed by atoms with Crippen molar-refractivity contribution in [3.05, 3.63) is 128 Å². The van der Waals surface area contributed by atoms with E-state index in [1.807, 2.05) is 107 Å². The second-order valence-corrected chi connectivity index (χ2v) is 19.4. The van der Waals surface area contributed by atoms with Gasteiger partial charge in [0.1, 0.15) is 53.8 Å². The first-order valence-electron chi connectivity index (χ1n) is 20.1. The summed E-state index contributed by atoms with van der Waals surface area (Å²) in [6.45, 7) is 11.0. The van der Waals surface area contributed by atoms with Gasteiger partial charge in [-0.2, -0.15) is 9.79 Å². The summed E-state index contributed by atoms with van der Waals surface area (Å²) in [4.78, 5) is 40.9. The van der Waals surface area contributed by atoms with E-state index in [-0.39, 0.29) is 49.5 Å². The molecular weight excluding hydrogens is 789 g/mol. The summed E-state index contributed by atoms with van der Waals surface area (Å²) in [5, 5.41) is 9.54. The number of aromatic nitrogens is 2. The monoisotopic (exact) mass is 844 g/mol. The highest BCUT2D eigenvalue weighted by Gasteiger charge is 2.71. The van der Waals surface area contributed by atoms with Crippen molar-refractivity contribution in [1.29, 1.82) is 5.26 Å². The van der Waals surface area contributed by atoms with Crippen LogP contribution in [0.4, 0.5) is 0 Å². The van der Waals surface area contributed by atoms with E-state index in [2.05, 4.69) is 11.1 Å². The van der Waals surface area contributed by atoms with Crippen LogP contribution in [0.15, 0.2) is 94.6 Å². The molecule has 3 heterocycles. The van der Waals surface area contributed by atoms with Gasteiger partial charge in [0.05, 0.1) is 39.4 Å². The lowest BCUT2D eigenvalue weighted by Crippen LogP contribution is -2.51. The number of carbonyl (C=O) groups is 1. The molecule has 1 aromatic heterocycles. The molecule has 0 radical (unpaired) electrons. The van der Waals surface area contributed by atoms with E-state index < -0.39 is 60.7 Å². The molecule has 0 saturated carbocycles. The highest BCUT2D eigenvalue weighted by molar-refractivity contribution is 7.67. The molecule has 2 aliphatic rings. The number of nitrogens with one attached hydrogen (secondary N) is 1. The van der Waals surface area contributed by atoms with Crippen LogP contribution < -0.4 is 20.7 Å². The number of esters is 1. The lowest BCUT2D eigenvalue weighted by atomic mass is 9.79. The van der Waals surface area contributed by atoms with Crippen molar-refractivity contribution in [2.75, 3.05) is 34.0 Å². The number of carbonyl (C=O) groups excluding carboxylic acids is 1. The molecule has 15 heteroatoms. The molecular formula is C45H55N3O11P+. The van der Waals surface area contributed by atoms with Gasteiger partial charge >= 0.3 is 11.7 Å². The minimum Gasteiger partial charge on any atom is -0.497 e. The second kappa shape index (κ2) is 18.8. The quantitative estimate of drug-likeness (QED) is 0.0480. The smallest absolute Gasteiger partial charge is 0.330 e. The number of methoxy groups -OCH3 is 2. The summed E-state index contributed by atoms with van der Waals surface area (Å²) >= 11 is 0. The van der Waals surface area contributed by atoms with Crippen molar-refractivity contribution in [3.63, 3.8) is 0 Å². The van der Waals surface area contributed by atoms with Crippen LogP contribution in [0, 0.1) is 18.3 Å². The molecule has 0 amide bonds. The number of nitrogens with zero attached hydrogens (tertiary/aromatic N) is 2. The summed E-state index contributed by atoms with van der Waals surface area (Å²) in [5.41, 5.74) is -1.50. The number of aryl methyl sites for hydroxylation is 1. The van der Waals surface area contributed by atoms with Crippen LogP contribution in [0.25, 0.3) is 0 Å². The number of benzene rings is 3. The van der Waals surface area contributed by atoms with Crippen LogP contribution in [-0.4, -0.2) is 84.8 Å². The van der Waals surface area contributed by atoms with Gasteiger partial charge in [0, 0.05) is 25.1 Å². The van der Waals surface area contributed by atoms with Gasteiger partial charge < -0.3 is 28.4 Å². The van der Waals surface area contributed by atoms with Gasteiger partial charge in [-0.25, -0.2) is 9.32 Å².